The van der Waals surface area contributed by atoms with Crippen LogP contribution in [0.4, 0.5) is 0 Å². The molecule has 0 atom stereocenters. The Kier molecular flexibility index (Phi) is 3.51. The fourth-order valence-corrected chi connectivity index (χ4v) is 2.06. The molecule has 60 valence electrons. The van der Waals surface area contributed by atoms with Crippen molar-refractivity contribution in [3.8, 4) is 0 Å². The van der Waals surface area contributed by atoms with Gasteiger partial charge in [0.1, 0.15) is 0 Å². The Morgan fingerprint density at radius 2 is 1.82 bits per heavy atom. The van der Waals surface area contributed by atoms with Gasteiger partial charge >= 0.3 is 0 Å². The van der Waals surface area contributed by atoms with Crippen LogP contribution in [0.2, 0.25) is 0 Å². The summed E-state index contributed by atoms with van der Waals surface area (Å²) >= 11 is 6.73. The zero-order valence-corrected chi connectivity index (χ0v) is 8.81. The van der Waals surface area contributed by atoms with Crippen LogP contribution < -0.4 is 5.48 Å². The van der Waals surface area contributed by atoms with Gasteiger partial charge in [0.05, 0.1) is 0 Å². The molecule has 11 heavy (non-hydrogen) atoms. The van der Waals surface area contributed by atoms with Crippen molar-refractivity contribution in [3.63, 3.8) is 0 Å². The van der Waals surface area contributed by atoms with E-state index in [0.717, 1.165) is 14.5 Å². The van der Waals surface area contributed by atoms with Crippen molar-refractivity contribution in [2.45, 2.75) is 6.54 Å². The van der Waals surface area contributed by atoms with Crippen molar-refractivity contribution in [2.24, 2.45) is 0 Å². The molecule has 1 rings (SSSR count). The molecule has 4 heteroatoms. The molecule has 0 aromatic heterocycles. The summed E-state index contributed by atoms with van der Waals surface area (Å²) in [6.45, 7) is 0.433. The Balaban J connectivity index is 3.00. The number of hydrogen-bond donors (Lipinski definition) is 2. The minimum Gasteiger partial charge on any atom is -0.316 e. The van der Waals surface area contributed by atoms with Gasteiger partial charge in [-0.25, -0.2) is 5.48 Å². The number of nitrogens with one attached hydrogen (secondary N) is 1. The van der Waals surface area contributed by atoms with Gasteiger partial charge in [0, 0.05) is 15.5 Å². The van der Waals surface area contributed by atoms with Crippen molar-refractivity contribution in [1.82, 2.24) is 5.48 Å². The van der Waals surface area contributed by atoms with Crippen molar-refractivity contribution in [3.05, 3.63) is 32.7 Å². The standard InChI is InChI=1S/C7H7Br2NO/c8-6-2-1-3-7(9)5(6)4-10-11/h1-3,10-11H,4H2. The maximum Gasteiger partial charge on any atom is 0.0480 e. The minimum atomic E-state index is 0.433. The monoisotopic (exact) mass is 279 g/mol. The number of rotatable bonds is 2. The average Bonchev–Trinajstić information content (AvgIpc) is 1.97. The fourth-order valence-electron chi connectivity index (χ4n) is 0.780. The maximum absolute atomic E-state index is 8.48. The zero-order valence-electron chi connectivity index (χ0n) is 5.64. The molecule has 0 radical (unpaired) electrons. The molecular weight excluding hydrogens is 274 g/mol. The molecule has 0 amide bonds. The van der Waals surface area contributed by atoms with E-state index in [1.807, 2.05) is 18.2 Å². The van der Waals surface area contributed by atoms with Crippen LogP contribution in [0.1, 0.15) is 5.56 Å². The first-order valence-corrected chi connectivity index (χ1v) is 4.64. The Labute approximate surface area is 81.8 Å². The van der Waals surface area contributed by atoms with Gasteiger partial charge in [0.15, 0.2) is 0 Å². The largest absolute Gasteiger partial charge is 0.316 e. The summed E-state index contributed by atoms with van der Waals surface area (Å²) in [4.78, 5) is 0. The molecule has 0 heterocycles. The summed E-state index contributed by atoms with van der Waals surface area (Å²) in [5.74, 6) is 0. The molecule has 2 N–H and O–H groups in total. The molecule has 0 fully saturated rings. The van der Waals surface area contributed by atoms with Crippen LogP contribution in [0.15, 0.2) is 27.1 Å². The highest BCUT2D eigenvalue weighted by atomic mass is 79.9. The lowest BCUT2D eigenvalue weighted by Gasteiger charge is -2.04. The second kappa shape index (κ2) is 4.21. The van der Waals surface area contributed by atoms with Gasteiger partial charge in [-0.15, -0.1) is 0 Å². The predicted molar refractivity (Wildman–Crippen MR) is 50.5 cm³/mol. The van der Waals surface area contributed by atoms with Gasteiger partial charge in [-0.05, 0) is 17.7 Å². The third-order valence-electron chi connectivity index (χ3n) is 1.32. The smallest absolute Gasteiger partial charge is 0.0480 e. The van der Waals surface area contributed by atoms with E-state index in [0.29, 0.717) is 6.54 Å². The molecule has 0 spiro atoms. The van der Waals surface area contributed by atoms with Crippen molar-refractivity contribution in [2.75, 3.05) is 0 Å². The van der Waals surface area contributed by atoms with Crippen LogP contribution in [-0.4, -0.2) is 5.21 Å². The van der Waals surface area contributed by atoms with Gasteiger partial charge in [-0.2, -0.15) is 0 Å². The molecule has 1 aromatic carbocycles. The summed E-state index contributed by atoms with van der Waals surface area (Å²) in [5.41, 5.74) is 3.11. The van der Waals surface area contributed by atoms with Gasteiger partial charge in [0.25, 0.3) is 0 Å². The third kappa shape index (κ3) is 2.27. The molecule has 2 nitrogen and oxygen atoms in total. The molecule has 0 aliphatic carbocycles. The Morgan fingerprint density at radius 3 is 2.27 bits per heavy atom. The highest BCUT2D eigenvalue weighted by molar-refractivity contribution is 9.11. The highest BCUT2D eigenvalue weighted by Crippen LogP contribution is 2.24. The summed E-state index contributed by atoms with van der Waals surface area (Å²) in [7, 11) is 0. The van der Waals surface area contributed by atoms with Gasteiger partial charge in [-0.3, -0.25) is 0 Å². The average molecular weight is 281 g/mol. The summed E-state index contributed by atoms with van der Waals surface area (Å²) in [5, 5.41) is 8.48. The predicted octanol–water partition coefficient (Wildman–Crippen LogP) is 2.69. The summed E-state index contributed by atoms with van der Waals surface area (Å²) < 4.78 is 1.96. The molecule has 0 saturated heterocycles. The quantitative estimate of drug-likeness (QED) is 0.817. The number of hydrogen-bond acceptors (Lipinski definition) is 2. The summed E-state index contributed by atoms with van der Waals surface area (Å²) in [6, 6.07) is 5.78. The van der Waals surface area contributed by atoms with E-state index in [-0.39, 0.29) is 0 Å². The van der Waals surface area contributed by atoms with Crippen LogP contribution in [0.3, 0.4) is 0 Å². The lowest BCUT2D eigenvalue weighted by Crippen LogP contribution is -2.07. The normalized spacial score (nSPS) is 10.1. The molecule has 0 saturated carbocycles. The van der Waals surface area contributed by atoms with Gasteiger partial charge < -0.3 is 5.21 Å². The van der Waals surface area contributed by atoms with Gasteiger partial charge in [0.2, 0.25) is 0 Å². The Morgan fingerprint density at radius 1 is 1.27 bits per heavy atom. The zero-order chi connectivity index (χ0) is 8.27. The number of halogens is 2. The van der Waals surface area contributed by atoms with Gasteiger partial charge in [-0.1, -0.05) is 37.9 Å². The topological polar surface area (TPSA) is 32.3 Å². The second-order valence-corrected chi connectivity index (χ2v) is 3.74. The van der Waals surface area contributed by atoms with Crippen molar-refractivity contribution >= 4 is 31.9 Å². The molecule has 1 aromatic rings. The van der Waals surface area contributed by atoms with Crippen LogP contribution >= 0.6 is 31.9 Å². The van der Waals surface area contributed by atoms with E-state index < -0.39 is 0 Å². The summed E-state index contributed by atoms with van der Waals surface area (Å²) in [6.07, 6.45) is 0. The second-order valence-electron chi connectivity index (χ2n) is 2.04. The van der Waals surface area contributed by atoms with E-state index >= 15 is 0 Å². The first kappa shape index (κ1) is 9.19. The van der Waals surface area contributed by atoms with E-state index in [9.17, 15) is 0 Å². The lowest BCUT2D eigenvalue weighted by atomic mass is 10.2. The molecule has 0 aliphatic rings. The van der Waals surface area contributed by atoms with E-state index in [4.69, 9.17) is 5.21 Å². The Bertz CT molecular complexity index is 232. The third-order valence-corrected chi connectivity index (χ3v) is 2.80. The molecule has 0 aliphatic heterocycles. The molecular formula is C7H7Br2NO. The molecule has 0 unspecified atom stereocenters. The first-order chi connectivity index (χ1) is 5.25. The fraction of sp³-hybridized carbons (Fsp3) is 0.143. The van der Waals surface area contributed by atoms with E-state index in [1.165, 1.54) is 0 Å². The van der Waals surface area contributed by atoms with Crippen LogP contribution in [0.5, 0.6) is 0 Å². The lowest BCUT2D eigenvalue weighted by molar-refractivity contribution is 0.161. The highest BCUT2D eigenvalue weighted by Gasteiger charge is 2.01. The SMILES string of the molecule is ONCc1c(Br)cccc1Br. The maximum atomic E-state index is 8.48. The Hall–Kier alpha value is 0.1000. The van der Waals surface area contributed by atoms with E-state index in [1.54, 1.807) is 0 Å². The molecule has 0 bridgehead atoms. The number of benzene rings is 1. The van der Waals surface area contributed by atoms with Crippen LogP contribution in [0, 0.1) is 0 Å². The first-order valence-electron chi connectivity index (χ1n) is 3.05. The van der Waals surface area contributed by atoms with Crippen LogP contribution in [-0.2, 0) is 6.54 Å². The minimum absolute atomic E-state index is 0.433. The van der Waals surface area contributed by atoms with Crippen molar-refractivity contribution in [1.29, 1.82) is 0 Å². The van der Waals surface area contributed by atoms with Crippen LogP contribution in [0.25, 0.3) is 0 Å². The number of hydroxylamine groups is 1. The van der Waals surface area contributed by atoms with Crippen molar-refractivity contribution < 1.29 is 5.21 Å². The van der Waals surface area contributed by atoms with E-state index in [2.05, 4.69) is 37.3 Å².